The summed E-state index contributed by atoms with van der Waals surface area (Å²) in [6.45, 7) is 3.79. The molecule has 0 fully saturated rings. The zero-order chi connectivity index (χ0) is 10.3. The van der Waals surface area contributed by atoms with E-state index in [-0.39, 0.29) is 0 Å². The van der Waals surface area contributed by atoms with E-state index >= 15 is 0 Å². The van der Waals surface area contributed by atoms with E-state index in [2.05, 4.69) is 22.1 Å². The number of nitrogens with zero attached hydrogens (tertiary/aromatic N) is 4. The highest BCUT2D eigenvalue weighted by molar-refractivity contribution is 5.90. The van der Waals surface area contributed by atoms with Gasteiger partial charge in [0.15, 0.2) is 5.65 Å². The zero-order valence-electron chi connectivity index (χ0n) is 7.96. The first-order valence-electron chi connectivity index (χ1n) is 4.62. The van der Waals surface area contributed by atoms with Crippen LogP contribution in [0.4, 0.5) is 0 Å². The van der Waals surface area contributed by atoms with Crippen molar-refractivity contribution in [2.75, 3.05) is 0 Å². The molecule has 0 saturated carbocycles. The van der Waals surface area contributed by atoms with Crippen molar-refractivity contribution in [1.82, 2.24) is 20.0 Å². The van der Waals surface area contributed by atoms with Crippen molar-refractivity contribution in [2.24, 2.45) is 0 Å². The molecule has 1 aromatic carbocycles. The monoisotopic (exact) mass is 196 g/mol. The van der Waals surface area contributed by atoms with Crippen LogP contribution in [0.1, 0.15) is 5.56 Å². The first-order valence-corrected chi connectivity index (χ1v) is 4.62. The van der Waals surface area contributed by atoms with Crippen LogP contribution in [0, 0.1) is 0 Å². The van der Waals surface area contributed by atoms with Crippen LogP contribution in [0.25, 0.3) is 22.6 Å². The molecule has 72 valence electrons. The summed E-state index contributed by atoms with van der Waals surface area (Å²) in [6, 6.07) is 9.91. The quantitative estimate of drug-likeness (QED) is 0.597. The number of hydrogen-bond acceptors (Lipinski definition) is 3. The Kier molecular flexibility index (Phi) is 1.56. The number of tetrazole rings is 1. The molecule has 2 aromatic heterocycles. The molecule has 0 atom stereocenters. The summed E-state index contributed by atoms with van der Waals surface area (Å²) in [5.74, 6) is 0. The fraction of sp³-hybridized carbons (Fsp3) is 0. The minimum Gasteiger partial charge on any atom is -0.193 e. The van der Waals surface area contributed by atoms with Gasteiger partial charge in [0.25, 0.3) is 0 Å². The van der Waals surface area contributed by atoms with Gasteiger partial charge in [-0.05, 0) is 28.1 Å². The number of benzene rings is 1. The molecule has 0 aliphatic carbocycles. The number of aromatic nitrogens is 4. The van der Waals surface area contributed by atoms with Crippen LogP contribution >= 0.6 is 0 Å². The van der Waals surface area contributed by atoms with Gasteiger partial charge in [-0.25, -0.2) is 0 Å². The van der Waals surface area contributed by atoms with E-state index in [0.29, 0.717) is 0 Å². The zero-order valence-corrected chi connectivity index (χ0v) is 7.96. The third-order valence-electron chi connectivity index (χ3n) is 2.44. The second kappa shape index (κ2) is 2.88. The largest absolute Gasteiger partial charge is 0.193 e. The van der Waals surface area contributed by atoms with Gasteiger partial charge in [-0.15, -0.1) is 5.10 Å². The number of para-hydroxylation sites is 1. The molecule has 0 bridgehead atoms. The summed E-state index contributed by atoms with van der Waals surface area (Å²) in [7, 11) is 0. The summed E-state index contributed by atoms with van der Waals surface area (Å²) in [5.41, 5.74) is 2.78. The van der Waals surface area contributed by atoms with Crippen molar-refractivity contribution in [2.45, 2.75) is 0 Å². The Morgan fingerprint density at radius 1 is 1.27 bits per heavy atom. The molecule has 3 aromatic rings. The topological polar surface area (TPSA) is 43.1 Å². The van der Waals surface area contributed by atoms with Gasteiger partial charge in [-0.3, -0.25) is 0 Å². The third kappa shape index (κ3) is 1.05. The minimum absolute atomic E-state index is 0.739. The Bertz CT molecular complexity index is 654. The molecule has 4 nitrogen and oxygen atoms in total. The summed E-state index contributed by atoms with van der Waals surface area (Å²) >= 11 is 0. The van der Waals surface area contributed by atoms with Crippen molar-refractivity contribution in [3.05, 3.63) is 42.5 Å². The molecule has 0 spiro atoms. The average molecular weight is 196 g/mol. The first kappa shape index (κ1) is 8.11. The highest BCUT2D eigenvalue weighted by Crippen LogP contribution is 2.20. The lowest BCUT2D eigenvalue weighted by atomic mass is 10.1. The fourth-order valence-corrected chi connectivity index (χ4v) is 1.74. The third-order valence-corrected chi connectivity index (χ3v) is 2.44. The molecule has 0 unspecified atom stereocenters. The molecule has 3 rings (SSSR count). The lowest BCUT2D eigenvalue weighted by molar-refractivity contribution is 0.841. The Morgan fingerprint density at radius 2 is 2.13 bits per heavy atom. The molecule has 0 aliphatic rings. The van der Waals surface area contributed by atoms with Crippen molar-refractivity contribution in [3.8, 4) is 0 Å². The van der Waals surface area contributed by atoms with E-state index in [1.807, 2.05) is 36.4 Å². The lowest BCUT2D eigenvalue weighted by Gasteiger charge is -2.02. The number of pyridine rings is 1. The maximum Gasteiger partial charge on any atom is 0.180 e. The molecular weight excluding hydrogens is 188 g/mol. The standard InChI is InChI=1S/C11H8N4/c1-2-8-7-11-12-13-14-15(11)10-6-4-3-5-9(8)10/h2-7H,1H2. The summed E-state index contributed by atoms with van der Waals surface area (Å²) in [4.78, 5) is 0. The average Bonchev–Trinajstić information content (AvgIpc) is 2.76. The lowest BCUT2D eigenvalue weighted by Crippen LogP contribution is -1.92. The highest BCUT2D eigenvalue weighted by atomic mass is 15.5. The molecular formula is C11H8N4. The second-order valence-electron chi connectivity index (χ2n) is 3.27. The minimum atomic E-state index is 0.739. The van der Waals surface area contributed by atoms with Gasteiger partial charge in [0.1, 0.15) is 0 Å². The van der Waals surface area contributed by atoms with E-state index < -0.39 is 0 Å². The smallest absolute Gasteiger partial charge is 0.180 e. The second-order valence-corrected chi connectivity index (χ2v) is 3.27. The van der Waals surface area contributed by atoms with Crippen molar-refractivity contribution in [3.63, 3.8) is 0 Å². The number of hydrogen-bond donors (Lipinski definition) is 0. The Morgan fingerprint density at radius 3 is 3.00 bits per heavy atom. The van der Waals surface area contributed by atoms with E-state index in [1.54, 1.807) is 4.52 Å². The molecule has 15 heavy (non-hydrogen) atoms. The van der Waals surface area contributed by atoms with E-state index in [0.717, 1.165) is 22.1 Å². The molecule has 4 heteroatoms. The van der Waals surface area contributed by atoms with Crippen LogP contribution in [-0.4, -0.2) is 20.0 Å². The Hall–Kier alpha value is -2.23. The Balaban J connectivity index is 2.64. The van der Waals surface area contributed by atoms with Gasteiger partial charge in [0, 0.05) is 5.39 Å². The number of fused-ring (bicyclic) bond motifs is 3. The molecule has 0 saturated heterocycles. The van der Waals surface area contributed by atoms with Gasteiger partial charge in [-0.2, -0.15) is 4.52 Å². The van der Waals surface area contributed by atoms with Crippen molar-refractivity contribution in [1.29, 1.82) is 0 Å². The van der Waals surface area contributed by atoms with E-state index in [9.17, 15) is 0 Å². The van der Waals surface area contributed by atoms with Gasteiger partial charge in [0.05, 0.1) is 5.52 Å². The van der Waals surface area contributed by atoms with Crippen LogP contribution < -0.4 is 0 Å². The SMILES string of the molecule is C=Cc1cc2nnnn2c2ccccc12. The maximum atomic E-state index is 3.94. The highest BCUT2D eigenvalue weighted by Gasteiger charge is 2.05. The first-order chi connectivity index (χ1) is 7.40. The molecule has 0 amide bonds. The normalized spacial score (nSPS) is 10.9. The van der Waals surface area contributed by atoms with Crippen LogP contribution in [0.15, 0.2) is 36.9 Å². The summed E-state index contributed by atoms with van der Waals surface area (Å²) in [5, 5.41) is 12.6. The van der Waals surface area contributed by atoms with Gasteiger partial charge < -0.3 is 0 Å². The fourth-order valence-electron chi connectivity index (χ4n) is 1.74. The van der Waals surface area contributed by atoms with Crippen LogP contribution in [-0.2, 0) is 0 Å². The van der Waals surface area contributed by atoms with E-state index in [1.165, 1.54) is 0 Å². The maximum absolute atomic E-state index is 3.94. The van der Waals surface area contributed by atoms with Crippen LogP contribution in [0.5, 0.6) is 0 Å². The van der Waals surface area contributed by atoms with Crippen LogP contribution in [0.3, 0.4) is 0 Å². The molecule has 2 heterocycles. The van der Waals surface area contributed by atoms with Gasteiger partial charge in [-0.1, -0.05) is 30.9 Å². The number of rotatable bonds is 1. The predicted octanol–water partition coefficient (Wildman–Crippen LogP) is 1.92. The van der Waals surface area contributed by atoms with Crippen LogP contribution in [0.2, 0.25) is 0 Å². The van der Waals surface area contributed by atoms with E-state index in [4.69, 9.17) is 0 Å². The Labute approximate surface area is 85.8 Å². The summed E-state index contributed by atoms with van der Waals surface area (Å²) < 4.78 is 1.72. The molecule has 0 aliphatic heterocycles. The van der Waals surface area contributed by atoms with Crippen molar-refractivity contribution < 1.29 is 0 Å². The molecule has 0 radical (unpaired) electrons. The van der Waals surface area contributed by atoms with Gasteiger partial charge >= 0.3 is 0 Å². The predicted molar refractivity (Wildman–Crippen MR) is 58.4 cm³/mol. The molecule has 0 N–H and O–H groups in total. The van der Waals surface area contributed by atoms with Crippen molar-refractivity contribution >= 4 is 22.6 Å². The van der Waals surface area contributed by atoms with Gasteiger partial charge in [0.2, 0.25) is 0 Å². The summed E-state index contributed by atoms with van der Waals surface area (Å²) in [6.07, 6.45) is 1.82.